The van der Waals surface area contributed by atoms with E-state index in [0.29, 0.717) is 11.6 Å². The van der Waals surface area contributed by atoms with Crippen molar-refractivity contribution in [3.8, 4) is 12.3 Å². The molecular formula is C14H20ClN3. The van der Waals surface area contributed by atoms with Crippen LogP contribution >= 0.6 is 11.6 Å². The summed E-state index contributed by atoms with van der Waals surface area (Å²) in [5, 5.41) is 3.91. The molecule has 0 aromatic carbocycles. The van der Waals surface area contributed by atoms with Crippen LogP contribution in [0, 0.1) is 12.3 Å². The lowest BCUT2D eigenvalue weighted by Gasteiger charge is -2.21. The van der Waals surface area contributed by atoms with Crippen molar-refractivity contribution in [3.05, 3.63) is 22.8 Å². The van der Waals surface area contributed by atoms with Crippen LogP contribution in [0.5, 0.6) is 0 Å². The molecule has 98 valence electrons. The maximum absolute atomic E-state index is 6.27. The first-order valence-electron chi connectivity index (χ1n) is 6.26. The molecular weight excluding hydrogens is 246 g/mol. The number of halogens is 1. The van der Waals surface area contributed by atoms with Crippen LogP contribution in [0.2, 0.25) is 5.02 Å². The fourth-order valence-corrected chi connectivity index (χ4v) is 2.02. The van der Waals surface area contributed by atoms with Crippen LogP contribution in [0.15, 0.2) is 12.3 Å². The maximum Gasteiger partial charge on any atom is 0.148 e. The lowest BCUT2D eigenvalue weighted by atomic mass is 10.2. The Morgan fingerprint density at radius 2 is 2.28 bits per heavy atom. The molecule has 0 aliphatic heterocycles. The van der Waals surface area contributed by atoms with Gasteiger partial charge in [0.15, 0.2) is 0 Å². The van der Waals surface area contributed by atoms with E-state index in [9.17, 15) is 0 Å². The van der Waals surface area contributed by atoms with Gasteiger partial charge >= 0.3 is 0 Å². The van der Waals surface area contributed by atoms with Crippen LogP contribution in [0.4, 0.5) is 5.82 Å². The standard InChI is InChI=1S/C14H20ClN3/c1-4-7-18(8-5-2)14-13(15)9-12(11-17-14)10-16-6-3/h1,9,11,16H,5-8,10H2,2-3H3. The van der Waals surface area contributed by atoms with Crippen molar-refractivity contribution in [1.82, 2.24) is 10.3 Å². The third kappa shape index (κ3) is 4.21. The molecule has 0 saturated carbocycles. The number of terminal acetylenes is 1. The van der Waals surface area contributed by atoms with E-state index in [1.165, 1.54) is 0 Å². The van der Waals surface area contributed by atoms with Gasteiger partial charge < -0.3 is 10.2 Å². The van der Waals surface area contributed by atoms with Gasteiger partial charge in [0.2, 0.25) is 0 Å². The van der Waals surface area contributed by atoms with Gasteiger partial charge in [-0.1, -0.05) is 31.4 Å². The number of aromatic nitrogens is 1. The topological polar surface area (TPSA) is 28.2 Å². The first-order chi connectivity index (χ1) is 8.72. The summed E-state index contributed by atoms with van der Waals surface area (Å²) in [7, 11) is 0. The molecule has 1 aromatic heterocycles. The third-order valence-electron chi connectivity index (χ3n) is 2.53. The predicted molar refractivity (Wildman–Crippen MR) is 78.0 cm³/mol. The van der Waals surface area contributed by atoms with Gasteiger partial charge in [-0.2, -0.15) is 0 Å². The second kappa shape index (κ2) is 7.97. The van der Waals surface area contributed by atoms with E-state index in [1.807, 2.05) is 17.2 Å². The maximum atomic E-state index is 6.27. The average molecular weight is 266 g/mol. The molecule has 0 bridgehead atoms. The molecule has 4 heteroatoms. The van der Waals surface area contributed by atoms with Gasteiger partial charge in [0.25, 0.3) is 0 Å². The van der Waals surface area contributed by atoms with Crippen LogP contribution in [0.25, 0.3) is 0 Å². The number of nitrogens with zero attached hydrogens (tertiary/aromatic N) is 2. The van der Waals surface area contributed by atoms with Crippen LogP contribution in [-0.2, 0) is 6.54 Å². The molecule has 1 heterocycles. The van der Waals surface area contributed by atoms with E-state index in [1.54, 1.807) is 0 Å². The summed E-state index contributed by atoms with van der Waals surface area (Å²) in [4.78, 5) is 6.45. The molecule has 1 rings (SSSR count). The number of rotatable bonds is 7. The van der Waals surface area contributed by atoms with E-state index in [2.05, 4.69) is 30.1 Å². The molecule has 3 nitrogen and oxygen atoms in total. The van der Waals surface area contributed by atoms with E-state index < -0.39 is 0 Å². The fourth-order valence-electron chi connectivity index (χ4n) is 1.71. The Labute approximate surface area is 115 Å². The summed E-state index contributed by atoms with van der Waals surface area (Å²) in [5.74, 6) is 3.42. The Hall–Kier alpha value is -1.24. The van der Waals surface area contributed by atoms with E-state index in [0.717, 1.165) is 37.4 Å². The summed E-state index contributed by atoms with van der Waals surface area (Å²) >= 11 is 6.27. The first-order valence-corrected chi connectivity index (χ1v) is 6.64. The highest BCUT2D eigenvalue weighted by atomic mass is 35.5. The molecule has 0 aliphatic carbocycles. The number of anilines is 1. The largest absolute Gasteiger partial charge is 0.344 e. The Morgan fingerprint density at radius 3 is 2.83 bits per heavy atom. The summed E-state index contributed by atoms with van der Waals surface area (Å²) in [6, 6.07) is 1.95. The second-order valence-electron chi connectivity index (χ2n) is 4.06. The molecule has 0 saturated heterocycles. The minimum atomic E-state index is 0.535. The van der Waals surface area contributed by atoms with Gasteiger partial charge in [0.05, 0.1) is 11.6 Å². The molecule has 0 unspecified atom stereocenters. The molecule has 18 heavy (non-hydrogen) atoms. The minimum absolute atomic E-state index is 0.535. The quantitative estimate of drug-likeness (QED) is 0.769. The van der Waals surface area contributed by atoms with E-state index in [-0.39, 0.29) is 0 Å². The van der Waals surface area contributed by atoms with Crippen molar-refractivity contribution >= 4 is 17.4 Å². The molecule has 0 amide bonds. The smallest absolute Gasteiger partial charge is 0.148 e. The van der Waals surface area contributed by atoms with Gasteiger partial charge in [0.1, 0.15) is 5.82 Å². The SMILES string of the molecule is C#CCN(CCC)c1ncc(CNCC)cc1Cl. The molecule has 0 aliphatic rings. The summed E-state index contributed by atoms with van der Waals surface area (Å²) in [6.07, 6.45) is 8.23. The fraction of sp³-hybridized carbons (Fsp3) is 0.500. The number of pyridine rings is 1. The van der Waals surface area contributed by atoms with Crippen LogP contribution < -0.4 is 10.2 Å². The molecule has 0 fully saturated rings. The predicted octanol–water partition coefficient (Wildman–Crippen LogP) is 2.69. The molecule has 1 N–H and O–H groups in total. The van der Waals surface area contributed by atoms with Gasteiger partial charge in [-0.15, -0.1) is 6.42 Å². The second-order valence-corrected chi connectivity index (χ2v) is 4.46. The van der Waals surface area contributed by atoms with Crippen molar-refractivity contribution in [2.75, 3.05) is 24.5 Å². The van der Waals surface area contributed by atoms with Crippen molar-refractivity contribution in [2.45, 2.75) is 26.8 Å². The average Bonchev–Trinajstić information content (AvgIpc) is 2.36. The highest BCUT2D eigenvalue weighted by molar-refractivity contribution is 6.33. The normalized spacial score (nSPS) is 10.1. The number of nitrogens with one attached hydrogen (secondary N) is 1. The lowest BCUT2D eigenvalue weighted by Crippen LogP contribution is -2.25. The van der Waals surface area contributed by atoms with Crippen LogP contribution in [0.1, 0.15) is 25.8 Å². The van der Waals surface area contributed by atoms with Gasteiger partial charge in [-0.05, 0) is 24.6 Å². The molecule has 0 atom stereocenters. The van der Waals surface area contributed by atoms with Gasteiger partial charge in [-0.25, -0.2) is 4.98 Å². The van der Waals surface area contributed by atoms with Crippen molar-refractivity contribution in [3.63, 3.8) is 0 Å². The Balaban J connectivity index is 2.85. The Morgan fingerprint density at radius 1 is 1.50 bits per heavy atom. The number of hydrogen-bond acceptors (Lipinski definition) is 3. The lowest BCUT2D eigenvalue weighted by molar-refractivity contribution is 0.723. The van der Waals surface area contributed by atoms with Gasteiger partial charge in [-0.3, -0.25) is 0 Å². The zero-order chi connectivity index (χ0) is 13.4. The van der Waals surface area contributed by atoms with Gasteiger partial charge in [0, 0.05) is 19.3 Å². The van der Waals surface area contributed by atoms with E-state index >= 15 is 0 Å². The summed E-state index contributed by atoms with van der Waals surface area (Å²) < 4.78 is 0. The van der Waals surface area contributed by atoms with Crippen LogP contribution in [-0.4, -0.2) is 24.6 Å². The number of hydrogen-bond donors (Lipinski definition) is 1. The zero-order valence-corrected chi connectivity index (χ0v) is 11.8. The highest BCUT2D eigenvalue weighted by Gasteiger charge is 2.10. The van der Waals surface area contributed by atoms with Crippen molar-refractivity contribution < 1.29 is 0 Å². The minimum Gasteiger partial charge on any atom is -0.344 e. The Kier molecular flexibility index (Phi) is 6.56. The Bertz CT molecular complexity index is 412. The molecule has 0 radical (unpaired) electrons. The molecule has 1 aromatic rings. The molecule has 0 spiro atoms. The third-order valence-corrected chi connectivity index (χ3v) is 2.81. The van der Waals surface area contributed by atoms with E-state index in [4.69, 9.17) is 18.0 Å². The highest BCUT2D eigenvalue weighted by Crippen LogP contribution is 2.24. The summed E-state index contributed by atoms with van der Waals surface area (Å²) in [6.45, 7) is 7.29. The first kappa shape index (κ1) is 14.8. The summed E-state index contributed by atoms with van der Waals surface area (Å²) in [5.41, 5.74) is 1.09. The van der Waals surface area contributed by atoms with Crippen molar-refractivity contribution in [1.29, 1.82) is 0 Å². The monoisotopic (exact) mass is 265 g/mol. The van der Waals surface area contributed by atoms with Crippen LogP contribution in [0.3, 0.4) is 0 Å². The zero-order valence-electron chi connectivity index (χ0n) is 11.0. The van der Waals surface area contributed by atoms with Crippen molar-refractivity contribution in [2.24, 2.45) is 0 Å².